The molecule has 1 atom stereocenters. The van der Waals surface area contributed by atoms with Gasteiger partial charge in [-0.15, -0.1) is 5.10 Å². The van der Waals surface area contributed by atoms with Crippen LogP contribution in [0.3, 0.4) is 0 Å². The van der Waals surface area contributed by atoms with Gasteiger partial charge in [-0.2, -0.15) is 0 Å². The molecule has 1 heterocycles. The fourth-order valence-corrected chi connectivity index (χ4v) is 3.65. The number of ether oxygens (including phenoxy) is 1. The molecule has 37 heavy (non-hydrogen) atoms. The van der Waals surface area contributed by atoms with Crippen LogP contribution >= 0.6 is 0 Å². The minimum atomic E-state index is -1.22. The SMILES string of the molecule is CCOC(=O)CC(=O)CC(O)C=CC(=C(c1ccc(F)cc1)c1ccc(F)cc1)c1nnnn1C(C)C. The summed E-state index contributed by atoms with van der Waals surface area (Å²) in [6.07, 6.45) is 0.992. The second-order valence-corrected chi connectivity index (χ2v) is 8.49. The molecule has 0 spiro atoms. The Labute approximate surface area is 213 Å². The fourth-order valence-electron chi connectivity index (χ4n) is 3.65. The Morgan fingerprint density at radius 2 is 1.59 bits per heavy atom. The molecule has 0 aliphatic carbocycles. The first-order chi connectivity index (χ1) is 17.7. The first-order valence-electron chi connectivity index (χ1n) is 11.8. The maximum absolute atomic E-state index is 13.8. The van der Waals surface area contributed by atoms with E-state index >= 15 is 0 Å². The van der Waals surface area contributed by atoms with E-state index < -0.39 is 35.9 Å². The van der Waals surface area contributed by atoms with Gasteiger partial charge in [-0.25, -0.2) is 13.5 Å². The molecule has 0 radical (unpaired) electrons. The molecular weight excluding hydrogens is 482 g/mol. The zero-order chi connectivity index (χ0) is 26.9. The lowest BCUT2D eigenvalue weighted by atomic mass is 9.91. The van der Waals surface area contributed by atoms with Gasteiger partial charge in [-0.1, -0.05) is 36.4 Å². The number of allylic oxidation sites excluding steroid dienone is 2. The minimum absolute atomic E-state index is 0.132. The molecule has 2 aromatic carbocycles. The number of carbonyl (C=O) groups is 2. The molecule has 1 N–H and O–H groups in total. The Hall–Kier alpha value is -4.05. The topological polar surface area (TPSA) is 107 Å². The number of Topliss-reactive ketones (excluding diaryl/α,β-unsaturated/α-hetero) is 1. The van der Waals surface area contributed by atoms with Crippen LogP contribution in [0.4, 0.5) is 8.78 Å². The highest BCUT2D eigenvalue weighted by Gasteiger charge is 2.20. The van der Waals surface area contributed by atoms with Crippen molar-refractivity contribution in [2.45, 2.75) is 45.8 Å². The summed E-state index contributed by atoms with van der Waals surface area (Å²) in [6.45, 7) is 5.57. The fraction of sp³-hybridized carbons (Fsp3) is 0.296. The van der Waals surface area contributed by atoms with Gasteiger partial charge in [0.1, 0.15) is 23.8 Å². The quantitative estimate of drug-likeness (QED) is 0.233. The average molecular weight is 511 g/mol. The van der Waals surface area contributed by atoms with Gasteiger partial charge < -0.3 is 9.84 Å². The van der Waals surface area contributed by atoms with E-state index in [1.54, 1.807) is 41.9 Å². The maximum Gasteiger partial charge on any atom is 0.313 e. The Morgan fingerprint density at radius 3 is 2.11 bits per heavy atom. The van der Waals surface area contributed by atoms with Crippen molar-refractivity contribution in [1.82, 2.24) is 20.2 Å². The van der Waals surface area contributed by atoms with Crippen LogP contribution in [-0.4, -0.2) is 49.8 Å². The molecule has 3 rings (SSSR count). The predicted molar refractivity (Wildman–Crippen MR) is 133 cm³/mol. The standard InChI is InChI=1S/C27H28F2N4O4/c1-4-37-25(36)16-23(35)15-22(34)13-14-24(27-30-31-32-33(27)17(2)3)26(18-5-9-20(28)10-6-18)19-7-11-21(29)12-8-19/h5-14,17,22,34H,4,15-16H2,1-3H3. The Bertz CT molecular complexity index is 1230. The van der Waals surface area contributed by atoms with Gasteiger partial charge in [-0.05, 0) is 72.2 Å². The van der Waals surface area contributed by atoms with Crippen LogP contribution in [0.2, 0.25) is 0 Å². The van der Waals surface area contributed by atoms with E-state index in [1.165, 1.54) is 30.3 Å². The Kier molecular flexibility index (Phi) is 9.51. The van der Waals surface area contributed by atoms with E-state index in [4.69, 9.17) is 4.74 Å². The summed E-state index contributed by atoms with van der Waals surface area (Å²) < 4.78 is 33.9. The molecule has 0 bridgehead atoms. The van der Waals surface area contributed by atoms with Crippen molar-refractivity contribution in [1.29, 1.82) is 0 Å². The van der Waals surface area contributed by atoms with Crippen molar-refractivity contribution in [3.8, 4) is 0 Å². The van der Waals surface area contributed by atoms with Crippen LogP contribution in [0, 0.1) is 11.6 Å². The van der Waals surface area contributed by atoms with E-state index in [1.807, 2.05) is 13.8 Å². The number of hydrogen-bond donors (Lipinski definition) is 1. The third-order valence-electron chi connectivity index (χ3n) is 5.33. The number of hydrogen-bond acceptors (Lipinski definition) is 7. The van der Waals surface area contributed by atoms with E-state index in [9.17, 15) is 23.5 Å². The predicted octanol–water partition coefficient (Wildman–Crippen LogP) is 4.32. The molecule has 0 amide bonds. The second kappa shape index (κ2) is 12.8. The summed E-state index contributed by atoms with van der Waals surface area (Å²) in [4.78, 5) is 23.8. The number of aliphatic hydroxyl groups is 1. The molecule has 0 saturated carbocycles. The summed E-state index contributed by atoms with van der Waals surface area (Å²) in [7, 11) is 0. The number of nitrogens with zero attached hydrogens (tertiary/aromatic N) is 4. The number of tetrazole rings is 1. The first kappa shape index (κ1) is 27.5. The highest BCUT2D eigenvalue weighted by Crippen LogP contribution is 2.33. The third-order valence-corrected chi connectivity index (χ3v) is 5.33. The lowest BCUT2D eigenvalue weighted by Crippen LogP contribution is -2.16. The smallest absolute Gasteiger partial charge is 0.313 e. The molecule has 10 heteroatoms. The molecule has 0 aliphatic rings. The van der Waals surface area contributed by atoms with Crippen LogP contribution in [-0.2, 0) is 14.3 Å². The number of aromatic nitrogens is 4. The Morgan fingerprint density at radius 1 is 1.03 bits per heavy atom. The summed E-state index contributed by atoms with van der Waals surface area (Å²) in [5.41, 5.74) is 2.20. The van der Waals surface area contributed by atoms with Crippen LogP contribution in [0.15, 0.2) is 60.7 Å². The largest absolute Gasteiger partial charge is 0.466 e. The van der Waals surface area contributed by atoms with E-state index in [0.717, 1.165) is 0 Å². The molecule has 1 unspecified atom stereocenters. The monoisotopic (exact) mass is 510 g/mol. The summed E-state index contributed by atoms with van der Waals surface area (Å²) in [5.74, 6) is -1.65. The van der Waals surface area contributed by atoms with Crippen molar-refractivity contribution in [3.05, 3.63) is 89.3 Å². The van der Waals surface area contributed by atoms with E-state index in [2.05, 4.69) is 15.5 Å². The number of aliphatic hydroxyl groups excluding tert-OH is 1. The molecule has 0 saturated heterocycles. The van der Waals surface area contributed by atoms with Gasteiger partial charge in [0, 0.05) is 12.0 Å². The zero-order valence-electron chi connectivity index (χ0n) is 20.8. The minimum Gasteiger partial charge on any atom is -0.466 e. The zero-order valence-corrected chi connectivity index (χ0v) is 20.8. The number of ketones is 1. The Balaban J connectivity index is 2.12. The highest BCUT2D eigenvalue weighted by molar-refractivity contribution is 6.01. The van der Waals surface area contributed by atoms with Crippen LogP contribution in [0.25, 0.3) is 11.1 Å². The number of rotatable bonds is 11. The van der Waals surface area contributed by atoms with Gasteiger partial charge in [0.2, 0.25) is 0 Å². The third kappa shape index (κ3) is 7.47. The molecule has 8 nitrogen and oxygen atoms in total. The molecular formula is C27H28F2N4O4. The number of carbonyl (C=O) groups excluding carboxylic acids is 2. The van der Waals surface area contributed by atoms with Crippen molar-refractivity contribution in [2.75, 3.05) is 6.61 Å². The summed E-state index contributed by atoms with van der Waals surface area (Å²) in [5, 5.41) is 22.6. The van der Waals surface area contributed by atoms with Crippen molar-refractivity contribution in [2.24, 2.45) is 0 Å². The number of benzene rings is 2. The summed E-state index contributed by atoms with van der Waals surface area (Å²) in [6, 6.07) is 11.4. The van der Waals surface area contributed by atoms with Crippen LogP contribution in [0.1, 0.15) is 56.6 Å². The number of esters is 1. The molecule has 0 aliphatic heterocycles. The molecule has 194 valence electrons. The van der Waals surface area contributed by atoms with Gasteiger partial charge in [-0.3, -0.25) is 9.59 Å². The second-order valence-electron chi connectivity index (χ2n) is 8.49. The van der Waals surface area contributed by atoms with Gasteiger partial charge in [0.15, 0.2) is 5.82 Å². The highest BCUT2D eigenvalue weighted by atomic mass is 19.1. The number of halogens is 2. The molecule has 3 aromatic rings. The van der Waals surface area contributed by atoms with Crippen LogP contribution < -0.4 is 0 Å². The lowest BCUT2D eigenvalue weighted by Gasteiger charge is -2.16. The van der Waals surface area contributed by atoms with Crippen molar-refractivity contribution >= 4 is 22.9 Å². The first-order valence-corrected chi connectivity index (χ1v) is 11.8. The van der Waals surface area contributed by atoms with Gasteiger partial charge in [0.25, 0.3) is 0 Å². The van der Waals surface area contributed by atoms with E-state index in [-0.39, 0.29) is 19.1 Å². The van der Waals surface area contributed by atoms with Crippen molar-refractivity contribution in [3.63, 3.8) is 0 Å². The average Bonchev–Trinajstić information content (AvgIpc) is 3.33. The van der Waals surface area contributed by atoms with Crippen LogP contribution in [0.5, 0.6) is 0 Å². The normalized spacial score (nSPS) is 12.1. The summed E-state index contributed by atoms with van der Waals surface area (Å²) >= 11 is 0. The van der Waals surface area contributed by atoms with Crippen molar-refractivity contribution < 1.29 is 28.2 Å². The van der Waals surface area contributed by atoms with Gasteiger partial charge >= 0.3 is 5.97 Å². The molecule has 0 fully saturated rings. The lowest BCUT2D eigenvalue weighted by molar-refractivity contribution is -0.145. The van der Waals surface area contributed by atoms with E-state index in [0.29, 0.717) is 28.1 Å². The van der Waals surface area contributed by atoms with Gasteiger partial charge in [0.05, 0.1) is 18.8 Å². The maximum atomic E-state index is 13.8. The molecule has 1 aromatic heterocycles.